The Kier molecular flexibility index (Phi) is 6.53. The quantitative estimate of drug-likeness (QED) is 0.644. The Morgan fingerprint density at radius 3 is 2.20 bits per heavy atom. The molecule has 25 heavy (non-hydrogen) atoms. The first kappa shape index (κ1) is 18.0. The average molecular weight is 340 g/mol. The Bertz CT molecular complexity index is 747. The number of nitrogens with one attached hydrogen (secondary N) is 4. The normalized spacial score (nSPS) is 9.80. The third-order valence-electron chi connectivity index (χ3n) is 3.28. The third-order valence-corrected chi connectivity index (χ3v) is 3.28. The summed E-state index contributed by atoms with van der Waals surface area (Å²) in [5, 5.41) is 10.3. The van der Waals surface area contributed by atoms with Gasteiger partial charge in [-0.3, -0.25) is 9.59 Å². The first-order valence-corrected chi connectivity index (χ1v) is 7.76. The Labute approximate surface area is 145 Å². The lowest BCUT2D eigenvalue weighted by atomic mass is 10.1. The Hall–Kier alpha value is -3.35. The topological polar surface area (TPSA) is 99.3 Å². The number of hydrogen-bond donors (Lipinski definition) is 4. The SMILES string of the molecule is CNC(=O)Nc1cccc(NC(=O)CNC(=O)Cc2ccccc2)c1. The highest BCUT2D eigenvalue weighted by atomic mass is 16.2. The minimum atomic E-state index is -0.350. The Morgan fingerprint density at radius 2 is 1.52 bits per heavy atom. The van der Waals surface area contributed by atoms with Crippen LogP contribution in [0.25, 0.3) is 0 Å². The van der Waals surface area contributed by atoms with Crippen molar-refractivity contribution in [3.8, 4) is 0 Å². The monoisotopic (exact) mass is 340 g/mol. The molecule has 2 rings (SSSR count). The summed E-state index contributed by atoms with van der Waals surface area (Å²) in [6, 6.07) is 15.7. The van der Waals surface area contributed by atoms with Crippen LogP contribution in [0.2, 0.25) is 0 Å². The lowest BCUT2D eigenvalue weighted by Gasteiger charge is -2.09. The van der Waals surface area contributed by atoms with Gasteiger partial charge in [0.05, 0.1) is 13.0 Å². The van der Waals surface area contributed by atoms with Gasteiger partial charge in [-0.1, -0.05) is 36.4 Å². The average Bonchev–Trinajstić information content (AvgIpc) is 2.61. The predicted octanol–water partition coefficient (Wildman–Crippen LogP) is 1.74. The van der Waals surface area contributed by atoms with E-state index < -0.39 is 0 Å². The van der Waals surface area contributed by atoms with Gasteiger partial charge in [0, 0.05) is 18.4 Å². The molecule has 7 heteroatoms. The standard InChI is InChI=1S/C18H20N4O3/c1-19-18(25)22-15-9-5-8-14(11-15)21-17(24)12-20-16(23)10-13-6-3-2-4-7-13/h2-9,11H,10,12H2,1H3,(H,20,23)(H,21,24)(H2,19,22,25). The number of benzene rings is 2. The van der Waals surface area contributed by atoms with Crippen LogP contribution in [0.15, 0.2) is 54.6 Å². The van der Waals surface area contributed by atoms with Crippen LogP contribution in [0.5, 0.6) is 0 Å². The zero-order valence-electron chi connectivity index (χ0n) is 13.8. The van der Waals surface area contributed by atoms with Crippen molar-refractivity contribution in [3.63, 3.8) is 0 Å². The highest BCUT2D eigenvalue weighted by Gasteiger charge is 2.07. The molecule has 0 aliphatic carbocycles. The molecule has 7 nitrogen and oxygen atoms in total. The summed E-state index contributed by atoms with van der Waals surface area (Å²) in [7, 11) is 1.51. The molecular formula is C18H20N4O3. The van der Waals surface area contributed by atoms with Crippen LogP contribution in [0.4, 0.5) is 16.2 Å². The molecule has 0 saturated heterocycles. The van der Waals surface area contributed by atoms with Gasteiger partial charge in [-0.2, -0.15) is 0 Å². The van der Waals surface area contributed by atoms with E-state index in [4.69, 9.17) is 0 Å². The van der Waals surface area contributed by atoms with E-state index in [1.165, 1.54) is 7.05 Å². The third kappa shape index (κ3) is 6.34. The number of urea groups is 1. The van der Waals surface area contributed by atoms with Crippen molar-refractivity contribution in [2.45, 2.75) is 6.42 Å². The van der Waals surface area contributed by atoms with Gasteiger partial charge in [0.2, 0.25) is 11.8 Å². The van der Waals surface area contributed by atoms with Crippen molar-refractivity contribution in [2.24, 2.45) is 0 Å². The van der Waals surface area contributed by atoms with Crippen LogP contribution >= 0.6 is 0 Å². The van der Waals surface area contributed by atoms with E-state index in [1.807, 2.05) is 30.3 Å². The summed E-state index contributed by atoms with van der Waals surface area (Å²) < 4.78 is 0. The van der Waals surface area contributed by atoms with E-state index in [9.17, 15) is 14.4 Å². The molecule has 0 saturated carbocycles. The van der Waals surface area contributed by atoms with E-state index in [1.54, 1.807) is 24.3 Å². The zero-order chi connectivity index (χ0) is 18.1. The Balaban J connectivity index is 1.81. The minimum absolute atomic E-state index is 0.126. The van der Waals surface area contributed by atoms with Crippen LogP contribution in [-0.2, 0) is 16.0 Å². The molecule has 4 N–H and O–H groups in total. The molecule has 4 amide bonds. The van der Waals surface area contributed by atoms with Gasteiger partial charge in [-0.05, 0) is 23.8 Å². The highest BCUT2D eigenvalue weighted by Crippen LogP contribution is 2.14. The second kappa shape index (κ2) is 9.07. The maximum absolute atomic E-state index is 11.9. The van der Waals surface area contributed by atoms with Crippen molar-refractivity contribution >= 4 is 29.2 Å². The number of amides is 4. The van der Waals surface area contributed by atoms with Crippen molar-refractivity contribution in [1.29, 1.82) is 0 Å². The van der Waals surface area contributed by atoms with E-state index in [2.05, 4.69) is 21.3 Å². The second-order valence-corrected chi connectivity index (χ2v) is 5.27. The van der Waals surface area contributed by atoms with Gasteiger partial charge in [0.15, 0.2) is 0 Å². The molecule has 0 aliphatic heterocycles. The smallest absolute Gasteiger partial charge is 0.318 e. The van der Waals surface area contributed by atoms with Crippen LogP contribution in [0, 0.1) is 0 Å². The minimum Gasteiger partial charge on any atom is -0.347 e. The number of carbonyl (C=O) groups excluding carboxylic acids is 3. The fourth-order valence-electron chi connectivity index (χ4n) is 2.10. The van der Waals surface area contributed by atoms with Gasteiger partial charge in [0.1, 0.15) is 0 Å². The van der Waals surface area contributed by atoms with E-state index >= 15 is 0 Å². The van der Waals surface area contributed by atoms with Crippen LogP contribution < -0.4 is 21.3 Å². The molecule has 0 atom stereocenters. The van der Waals surface area contributed by atoms with Crippen molar-refractivity contribution < 1.29 is 14.4 Å². The molecule has 130 valence electrons. The number of hydrogen-bond acceptors (Lipinski definition) is 3. The molecule has 0 heterocycles. The lowest BCUT2D eigenvalue weighted by Crippen LogP contribution is -2.33. The van der Waals surface area contributed by atoms with Gasteiger partial charge >= 0.3 is 6.03 Å². The van der Waals surface area contributed by atoms with Gasteiger partial charge in [-0.25, -0.2) is 4.79 Å². The van der Waals surface area contributed by atoms with E-state index in [0.717, 1.165) is 5.56 Å². The van der Waals surface area contributed by atoms with Gasteiger partial charge in [0.25, 0.3) is 0 Å². The molecule has 0 radical (unpaired) electrons. The molecule has 2 aromatic carbocycles. The summed E-state index contributed by atoms with van der Waals surface area (Å²) >= 11 is 0. The van der Waals surface area contributed by atoms with Gasteiger partial charge < -0.3 is 21.3 Å². The fourth-order valence-corrected chi connectivity index (χ4v) is 2.10. The zero-order valence-corrected chi connectivity index (χ0v) is 13.8. The van der Waals surface area contributed by atoms with Crippen LogP contribution in [-0.4, -0.2) is 31.4 Å². The first-order chi connectivity index (χ1) is 12.1. The van der Waals surface area contributed by atoms with E-state index in [0.29, 0.717) is 11.4 Å². The molecule has 0 spiro atoms. The first-order valence-electron chi connectivity index (χ1n) is 7.76. The summed E-state index contributed by atoms with van der Waals surface area (Å²) in [6.45, 7) is -0.126. The number of rotatable bonds is 6. The molecule has 0 bridgehead atoms. The maximum Gasteiger partial charge on any atom is 0.318 e. The molecular weight excluding hydrogens is 320 g/mol. The second-order valence-electron chi connectivity index (χ2n) is 5.27. The molecule has 0 aromatic heterocycles. The maximum atomic E-state index is 11.9. The van der Waals surface area contributed by atoms with Crippen LogP contribution in [0.1, 0.15) is 5.56 Å². The predicted molar refractivity (Wildman–Crippen MR) is 96.3 cm³/mol. The molecule has 0 unspecified atom stereocenters. The number of carbonyl (C=O) groups is 3. The summed E-state index contributed by atoms with van der Waals surface area (Å²) in [4.78, 5) is 35.1. The van der Waals surface area contributed by atoms with Crippen molar-refractivity contribution in [1.82, 2.24) is 10.6 Å². The molecule has 0 fully saturated rings. The fraction of sp³-hybridized carbons (Fsp3) is 0.167. The van der Waals surface area contributed by atoms with Crippen molar-refractivity contribution in [3.05, 3.63) is 60.2 Å². The lowest BCUT2D eigenvalue weighted by molar-refractivity contribution is -0.123. The molecule has 2 aromatic rings. The van der Waals surface area contributed by atoms with Crippen molar-refractivity contribution in [2.75, 3.05) is 24.2 Å². The van der Waals surface area contributed by atoms with Crippen LogP contribution in [0.3, 0.4) is 0 Å². The van der Waals surface area contributed by atoms with E-state index in [-0.39, 0.29) is 30.8 Å². The summed E-state index contributed by atoms with van der Waals surface area (Å²) in [5.41, 5.74) is 1.95. The molecule has 0 aliphatic rings. The largest absolute Gasteiger partial charge is 0.347 e. The Morgan fingerprint density at radius 1 is 0.840 bits per heavy atom. The summed E-state index contributed by atoms with van der Waals surface area (Å²) in [6.07, 6.45) is 0.222. The highest BCUT2D eigenvalue weighted by molar-refractivity contribution is 5.96. The summed E-state index contributed by atoms with van der Waals surface area (Å²) in [5.74, 6) is -0.574. The van der Waals surface area contributed by atoms with Gasteiger partial charge in [-0.15, -0.1) is 0 Å². The number of anilines is 2.